The molecular weight excluding hydrogens is 214 g/mol. The highest BCUT2D eigenvalue weighted by Crippen LogP contribution is 2.39. The Balaban J connectivity index is 2.10. The summed E-state index contributed by atoms with van der Waals surface area (Å²) in [5.74, 6) is 0.440. The van der Waals surface area contributed by atoms with E-state index in [9.17, 15) is 4.79 Å². The molecule has 1 aromatic heterocycles. The average molecular weight is 233 g/mol. The summed E-state index contributed by atoms with van der Waals surface area (Å²) in [7, 11) is 0. The molecule has 1 atom stereocenters. The van der Waals surface area contributed by atoms with Crippen molar-refractivity contribution in [3.8, 4) is 0 Å². The molecule has 0 bridgehead atoms. The van der Waals surface area contributed by atoms with E-state index in [1.165, 1.54) is 0 Å². The van der Waals surface area contributed by atoms with E-state index in [1.807, 2.05) is 19.9 Å². The van der Waals surface area contributed by atoms with Gasteiger partial charge in [0.2, 0.25) is 0 Å². The Morgan fingerprint density at radius 3 is 2.82 bits per heavy atom. The number of hydrogen-bond donors (Lipinski definition) is 2. The fourth-order valence-corrected chi connectivity index (χ4v) is 2.05. The molecule has 0 spiro atoms. The molecule has 1 saturated carbocycles. The number of carbonyl (C=O) groups is 1. The third-order valence-corrected chi connectivity index (χ3v) is 3.44. The van der Waals surface area contributed by atoms with Gasteiger partial charge in [0, 0.05) is 18.9 Å². The van der Waals surface area contributed by atoms with Crippen LogP contribution in [0.2, 0.25) is 0 Å². The molecule has 0 aromatic carbocycles. The first-order chi connectivity index (χ1) is 8.05. The van der Waals surface area contributed by atoms with E-state index in [0.717, 1.165) is 18.4 Å². The molecule has 2 rings (SSSR count). The molecule has 4 heteroatoms. The van der Waals surface area contributed by atoms with Crippen molar-refractivity contribution in [3.05, 3.63) is 29.6 Å². The molecule has 1 fully saturated rings. The summed E-state index contributed by atoms with van der Waals surface area (Å²) in [6, 6.07) is 1.84. The zero-order valence-corrected chi connectivity index (χ0v) is 10.4. The highest BCUT2D eigenvalue weighted by Gasteiger charge is 2.41. The van der Waals surface area contributed by atoms with Crippen LogP contribution >= 0.6 is 0 Å². The Bertz CT molecular complexity index is 428. The molecule has 1 aromatic rings. The van der Waals surface area contributed by atoms with Gasteiger partial charge in [-0.3, -0.25) is 9.78 Å². The molecule has 0 saturated heterocycles. The van der Waals surface area contributed by atoms with E-state index in [1.54, 1.807) is 12.4 Å². The molecule has 1 heterocycles. The maximum atomic E-state index is 12.1. The first-order valence-electron chi connectivity index (χ1n) is 5.99. The maximum absolute atomic E-state index is 12.1. The predicted octanol–water partition coefficient (Wildman–Crippen LogP) is 1.25. The maximum Gasteiger partial charge on any atom is 0.253 e. The van der Waals surface area contributed by atoms with E-state index in [-0.39, 0.29) is 11.4 Å². The largest absolute Gasteiger partial charge is 0.345 e. The molecule has 1 aliphatic rings. The second-order valence-corrected chi connectivity index (χ2v) is 5.10. The lowest BCUT2D eigenvalue weighted by molar-refractivity contribution is 0.0897. The van der Waals surface area contributed by atoms with Crippen LogP contribution in [0.1, 0.15) is 35.7 Å². The number of hydrogen-bond acceptors (Lipinski definition) is 3. The van der Waals surface area contributed by atoms with Gasteiger partial charge in [-0.2, -0.15) is 0 Å². The number of pyridine rings is 1. The molecule has 0 aliphatic heterocycles. The van der Waals surface area contributed by atoms with E-state index < -0.39 is 0 Å². The zero-order chi connectivity index (χ0) is 12.5. The van der Waals surface area contributed by atoms with Crippen molar-refractivity contribution in [1.29, 1.82) is 0 Å². The third kappa shape index (κ3) is 2.64. The number of amides is 1. The van der Waals surface area contributed by atoms with Crippen LogP contribution in [0.15, 0.2) is 18.5 Å². The van der Waals surface area contributed by atoms with Crippen LogP contribution in [0, 0.1) is 12.8 Å². The molecule has 92 valence electrons. The van der Waals surface area contributed by atoms with Gasteiger partial charge in [0.15, 0.2) is 0 Å². The normalized spacial score (nSPS) is 18.5. The minimum Gasteiger partial charge on any atom is -0.345 e. The van der Waals surface area contributed by atoms with Crippen LogP contribution in [-0.2, 0) is 0 Å². The van der Waals surface area contributed by atoms with Crippen molar-refractivity contribution in [2.75, 3.05) is 6.54 Å². The van der Waals surface area contributed by atoms with Gasteiger partial charge in [-0.1, -0.05) is 0 Å². The second kappa shape index (κ2) is 4.45. The summed E-state index contributed by atoms with van der Waals surface area (Å²) < 4.78 is 0. The summed E-state index contributed by atoms with van der Waals surface area (Å²) in [6.07, 6.45) is 5.63. The molecular formula is C13H19N3O. The number of aryl methyl sites for hydroxylation is 1. The quantitative estimate of drug-likeness (QED) is 0.822. The van der Waals surface area contributed by atoms with Gasteiger partial charge in [-0.15, -0.1) is 0 Å². The summed E-state index contributed by atoms with van der Waals surface area (Å²) in [6.45, 7) is 4.42. The average Bonchev–Trinajstić information content (AvgIpc) is 3.13. The number of nitrogens with one attached hydrogen (secondary N) is 1. The van der Waals surface area contributed by atoms with Crippen LogP contribution < -0.4 is 11.1 Å². The van der Waals surface area contributed by atoms with Gasteiger partial charge in [0.1, 0.15) is 0 Å². The van der Waals surface area contributed by atoms with Crippen molar-refractivity contribution < 1.29 is 4.79 Å². The van der Waals surface area contributed by atoms with Crippen molar-refractivity contribution in [1.82, 2.24) is 10.3 Å². The molecule has 3 N–H and O–H groups in total. The van der Waals surface area contributed by atoms with Gasteiger partial charge in [-0.05, 0) is 44.2 Å². The lowest BCUT2D eigenvalue weighted by atomic mass is 9.95. The van der Waals surface area contributed by atoms with Gasteiger partial charge in [0.05, 0.1) is 11.1 Å². The molecule has 4 nitrogen and oxygen atoms in total. The molecule has 1 amide bonds. The van der Waals surface area contributed by atoms with Gasteiger partial charge < -0.3 is 11.1 Å². The smallest absolute Gasteiger partial charge is 0.253 e. The minimum absolute atomic E-state index is 0.0824. The van der Waals surface area contributed by atoms with Crippen LogP contribution in [0.5, 0.6) is 0 Å². The van der Waals surface area contributed by atoms with Crippen molar-refractivity contribution in [2.45, 2.75) is 32.2 Å². The molecule has 17 heavy (non-hydrogen) atoms. The SMILES string of the molecule is Cc1cncc(C(=O)NC(C)(CN)C2CC2)c1. The number of aromatic nitrogens is 1. The summed E-state index contributed by atoms with van der Waals surface area (Å²) in [5, 5.41) is 3.04. The number of carbonyl (C=O) groups excluding carboxylic acids is 1. The highest BCUT2D eigenvalue weighted by molar-refractivity contribution is 5.94. The van der Waals surface area contributed by atoms with Crippen molar-refractivity contribution >= 4 is 5.91 Å². The van der Waals surface area contributed by atoms with Gasteiger partial charge >= 0.3 is 0 Å². The van der Waals surface area contributed by atoms with Crippen molar-refractivity contribution in [2.24, 2.45) is 11.7 Å². The third-order valence-electron chi connectivity index (χ3n) is 3.44. The Labute approximate surface area is 102 Å². The lowest BCUT2D eigenvalue weighted by Gasteiger charge is -2.29. The summed E-state index contributed by atoms with van der Waals surface area (Å²) in [4.78, 5) is 16.1. The van der Waals surface area contributed by atoms with Crippen molar-refractivity contribution in [3.63, 3.8) is 0 Å². The lowest BCUT2D eigenvalue weighted by Crippen LogP contribution is -2.53. The Morgan fingerprint density at radius 1 is 1.59 bits per heavy atom. The summed E-state index contributed by atoms with van der Waals surface area (Å²) in [5.41, 5.74) is 7.08. The second-order valence-electron chi connectivity index (χ2n) is 5.10. The first-order valence-corrected chi connectivity index (χ1v) is 5.99. The highest BCUT2D eigenvalue weighted by atomic mass is 16.1. The van der Waals surface area contributed by atoms with E-state index >= 15 is 0 Å². The Kier molecular flexibility index (Phi) is 3.15. The van der Waals surface area contributed by atoms with Gasteiger partial charge in [-0.25, -0.2) is 0 Å². The van der Waals surface area contributed by atoms with E-state index in [4.69, 9.17) is 5.73 Å². The van der Waals surface area contributed by atoms with Crippen LogP contribution in [-0.4, -0.2) is 23.0 Å². The van der Waals surface area contributed by atoms with E-state index in [2.05, 4.69) is 10.3 Å². The molecule has 1 unspecified atom stereocenters. The van der Waals surface area contributed by atoms with Crippen LogP contribution in [0.25, 0.3) is 0 Å². The Morgan fingerprint density at radius 2 is 2.29 bits per heavy atom. The Hall–Kier alpha value is -1.42. The molecule has 0 radical (unpaired) electrons. The number of nitrogens with two attached hydrogens (primary N) is 1. The van der Waals surface area contributed by atoms with Crippen LogP contribution in [0.3, 0.4) is 0 Å². The number of nitrogens with zero attached hydrogens (tertiary/aromatic N) is 1. The first kappa shape index (κ1) is 12.0. The van der Waals surface area contributed by atoms with Gasteiger partial charge in [0.25, 0.3) is 5.91 Å². The minimum atomic E-state index is -0.277. The van der Waals surface area contributed by atoms with E-state index in [0.29, 0.717) is 18.0 Å². The number of rotatable bonds is 4. The fourth-order valence-electron chi connectivity index (χ4n) is 2.05. The van der Waals surface area contributed by atoms with Crippen LogP contribution in [0.4, 0.5) is 0 Å². The zero-order valence-electron chi connectivity index (χ0n) is 10.4. The molecule has 1 aliphatic carbocycles. The standard InChI is InChI=1S/C13H19N3O/c1-9-5-10(7-15-6-9)12(17)16-13(2,8-14)11-3-4-11/h5-7,11H,3-4,8,14H2,1-2H3,(H,16,17). The fraction of sp³-hybridized carbons (Fsp3) is 0.538. The summed E-state index contributed by atoms with van der Waals surface area (Å²) >= 11 is 0. The topological polar surface area (TPSA) is 68.0 Å². The predicted molar refractivity (Wildman–Crippen MR) is 66.6 cm³/mol. The monoisotopic (exact) mass is 233 g/mol.